The fraction of sp³-hybridized carbons (Fsp3) is 0.222. The molecule has 0 radical (unpaired) electrons. The zero-order valence-corrected chi connectivity index (χ0v) is 13.9. The zero-order chi connectivity index (χ0) is 16.4. The van der Waals surface area contributed by atoms with Crippen molar-refractivity contribution < 1.29 is 4.79 Å². The van der Waals surface area contributed by atoms with Crippen LogP contribution in [0.1, 0.15) is 16.7 Å². The highest BCUT2D eigenvalue weighted by molar-refractivity contribution is 6.31. The molecule has 4 nitrogen and oxygen atoms in total. The second kappa shape index (κ2) is 6.42. The van der Waals surface area contributed by atoms with E-state index in [1.807, 2.05) is 34.9 Å². The molecule has 2 aromatic carbocycles. The number of carbonyl (C=O) groups is 1. The Morgan fingerprint density at radius 2 is 1.96 bits per heavy atom. The zero-order valence-electron chi connectivity index (χ0n) is 13.1. The lowest BCUT2D eigenvalue weighted by Crippen LogP contribution is -2.27. The number of hydrogen-bond acceptors (Lipinski definition) is 2. The van der Waals surface area contributed by atoms with Crippen LogP contribution >= 0.6 is 11.6 Å². The van der Waals surface area contributed by atoms with Gasteiger partial charge in [0.15, 0.2) is 0 Å². The van der Waals surface area contributed by atoms with Crippen molar-refractivity contribution in [3.63, 3.8) is 0 Å². The highest BCUT2D eigenvalue weighted by atomic mass is 35.5. The molecule has 23 heavy (non-hydrogen) atoms. The summed E-state index contributed by atoms with van der Waals surface area (Å²) in [5, 5.41) is 3.56. The summed E-state index contributed by atoms with van der Waals surface area (Å²) < 4.78 is 1.86. The number of aryl methyl sites for hydroxylation is 2. The topological polar surface area (TPSA) is 46.9 Å². The molecule has 5 heteroatoms. The number of rotatable bonds is 4. The molecule has 3 rings (SSSR count). The summed E-state index contributed by atoms with van der Waals surface area (Å²) in [5.74, 6) is -0.0672. The molecule has 1 N–H and O–H groups in total. The highest BCUT2D eigenvalue weighted by Gasteiger charge is 2.09. The molecule has 1 aromatic heterocycles. The number of aromatic nitrogens is 2. The van der Waals surface area contributed by atoms with E-state index in [9.17, 15) is 4.79 Å². The molecule has 0 fully saturated rings. The van der Waals surface area contributed by atoms with Crippen molar-refractivity contribution in [3.8, 4) is 0 Å². The molecule has 0 saturated carbocycles. The standard InChI is InChI=1S/C18H18ClN3O/c1-12-7-16-17(8-13(12)2)22(11-21-16)10-18(23)20-9-14-5-3-4-6-15(14)19/h3-8,11H,9-10H2,1-2H3,(H,20,23). The summed E-state index contributed by atoms with van der Waals surface area (Å²) in [6.07, 6.45) is 1.71. The third-order valence-electron chi connectivity index (χ3n) is 3.98. The lowest BCUT2D eigenvalue weighted by Gasteiger charge is -2.08. The third-order valence-corrected chi connectivity index (χ3v) is 4.35. The average molecular weight is 328 g/mol. The molecular weight excluding hydrogens is 310 g/mol. The first kappa shape index (κ1) is 15.6. The average Bonchev–Trinajstić information content (AvgIpc) is 2.89. The van der Waals surface area contributed by atoms with Gasteiger partial charge in [0.1, 0.15) is 6.54 Å². The van der Waals surface area contributed by atoms with Crippen LogP contribution in [-0.2, 0) is 17.9 Å². The fourth-order valence-corrected chi connectivity index (χ4v) is 2.69. The lowest BCUT2D eigenvalue weighted by atomic mass is 10.1. The maximum Gasteiger partial charge on any atom is 0.240 e. The van der Waals surface area contributed by atoms with Crippen LogP contribution in [0, 0.1) is 13.8 Å². The van der Waals surface area contributed by atoms with Crippen LogP contribution in [0.3, 0.4) is 0 Å². The molecule has 0 unspecified atom stereocenters. The minimum Gasteiger partial charge on any atom is -0.350 e. The molecule has 0 spiro atoms. The molecule has 0 aliphatic rings. The first-order chi connectivity index (χ1) is 11.0. The van der Waals surface area contributed by atoms with Gasteiger partial charge in [0, 0.05) is 11.6 Å². The van der Waals surface area contributed by atoms with E-state index in [1.54, 1.807) is 6.33 Å². The molecule has 0 aliphatic heterocycles. The van der Waals surface area contributed by atoms with Gasteiger partial charge in [0.05, 0.1) is 17.4 Å². The number of benzene rings is 2. The minimum absolute atomic E-state index is 0.0672. The molecule has 3 aromatic rings. The number of carbonyl (C=O) groups excluding carboxylic acids is 1. The SMILES string of the molecule is Cc1cc2ncn(CC(=O)NCc3ccccc3Cl)c2cc1C. The van der Waals surface area contributed by atoms with Gasteiger partial charge in [-0.15, -0.1) is 0 Å². The van der Waals surface area contributed by atoms with Crippen molar-refractivity contribution in [1.29, 1.82) is 0 Å². The minimum atomic E-state index is -0.0672. The largest absolute Gasteiger partial charge is 0.350 e. The van der Waals surface area contributed by atoms with Crippen LogP contribution in [0.5, 0.6) is 0 Å². The Kier molecular flexibility index (Phi) is 4.35. The molecule has 0 saturated heterocycles. The highest BCUT2D eigenvalue weighted by Crippen LogP contribution is 2.18. The predicted octanol–water partition coefficient (Wildman–Crippen LogP) is 3.62. The number of fused-ring (bicyclic) bond motifs is 1. The van der Waals surface area contributed by atoms with Gasteiger partial charge in [-0.05, 0) is 48.7 Å². The Bertz CT molecular complexity index is 870. The van der Waals surface area contributed by atoms with Crippen LogP contribution < -0.4 is 5.32 Å². The molecule has 118 valence electrons. The van der Waals surface area contributed by atoms with Crippen molar-refractivity contribution in [2.24, 2.45) is 0 Å². The van der Waals surface area contributed by atoms with Gasteiger partial charge in [-0.25, -0.2) is 4.98 Å². The van der Waals surface area contributed by atoms with Crippen molar-refractivity contribution in [2.45, 2.75) is 26.9 Å². The number of halogens is 1. The van der Waals surface area contributed by atoms with Crippen molar-refractivity contribution in [1.82, 2.24) is 14.9 Å². The third kappa shape index (κ3) is 3.37. The van der Waals surface area contributed by atoms with E-state index in [2.05, 4.69) is 30.2 Å². The van der Waals surface area contributed by atoms with Gasteiger partial charge in [0.25, 0.3) is 0 Å². The second-order valence-electron chi connectivity index (χ2n) is 5.67. The maximum atomic E-state index is 12.2. The van der Waals surface area contributed by atoms with E-state index < -0.39 is 0 Å². The smallest absolute Gasteiger partial charge is 0.240 e. The van der Waals surface area contributed by atoms with Crippen molar-refractivity contribution >= 4 is 28.5 Å². The molecule has 1 heterocycles. The second-order valence-corrected chi connectivity index (χ2v) is 6.07. The van der Waals surface area contributed by atoms with Gasteiger partial charge in [-0.3, -0.25) is 4.79 Å². The van der Waals surface area contributed by atoms with Crippen LogP contribution in [0.4, 0.5) is 0 Å². The maximum absolute atomic E-state index is 12.2. The molecule has 0 atom stereocenters. The summed E-state index contributed by atoms with van der Waals surface area (Å²) >= 11 is 6.09. The molecule has 1 amide bonds. The predicted molar refractivity (Wildman–Crippen MR) is 92.5 cm³/mol. The molecule has 0 aliphatic carbocycles. The quantitative estimate of drug-likeness (QED) is 0.795. The number of hydrogen-bond donors (Lipinski definition) is 1. The summed E-state index contributed by atoms with van der Waals surface area (Å²) in [6, 6.07) is 11.6. The molecule has 0 bridgehead atoms. The van der Waals surface area contributed by atoms with Crippen LogP contribution in [0.25, 0.3) is 11.0 Å². The van der Waals surface area contributed by atoms with Crippen molar-refractivity contribution in [2.75, 3.05) is 0 Å². The van der Waals surface area contributed by atoms with Gasteiger partial charge in [0.2, 0.25) is 5.91 Å². The van der Waals surface area contributed by atoms with E-state index in [0.29, 0.717) is 11.6 Å². The number of nitrogens with zero attached hydrogens (tertiary/aromatic N) is 2. The van der Waals surface area contributed by atoms with E-state index in [4.69, 9.17) is 11.6 Å². The molecular formula is C18H18ClN3O. The van der Waals surface area contributed by atoms with Gasteiger partial charge >= 0.3 is 0 Å². The number of imidazole rings is 1. The van der Waals surface area contributed by atoms with Gasteiger partial charge in [-0.1, -0.05) is 29.8 Å². The summed E-state index contributed by atoms with van der Waals surface area (Å²) in [5.41, 5.74) is 5.18. The van der Waals surface area contributed by atoms with E-state index in [1.165, 1.54) is 11.1 Å². The van der Waals surface area contributed by atoms with Crippen molar-refractivity contribution in [3.05, 3.63) is 64.4 Å². The van der Waals surface area contributed by atoms with E-state index >= 15 is 0 Å². The van der Waals surface area contributed by atoms with Crippen LogP contribution in [0.15, 0.2) is 42.7 Å². The Labute approximate surface area is 140 Å². The summed E-state index contributed by atoms with van der Waals surface area (Å²) in [6.45, 7) is 4.78. The normalized spacial score (nSPS) is 10.9. The Hall–Kier alpha value is -2.33. The fourth-order valence-electron chi connectivity index (χ4n) is 2.49. The Morgan fingerprint density at radius 3 is 2.74 bits per heavy atom. The summed E-state index contributed by atoms with van der Waals surface area (Å²) in [7, 11) is 0. The van der Waals surface area contributed by atoms with Gasteiger partial charge in [-0.2, -0.15) is 0 Å². The number of amides is 1. The van der Waals surface area contributed by atoms with Crippen LogP contribution in [0.2, 0.25) is 5.02 Å². The Balaban J connectivity index is 1.71. The Morgan fingerprint density at radius 1 is 1.22 bits per heavy atom. The van der Waals surface area contributed by atoms with Crippen LogP contribution in [-0.4, -0.2) is 15.5 Å². The number of nitrogens with one attached hydrogen (secondary N) is 1. The monoisotopic (exact) mass is 327 g/mol. The first-order valence-corrected chi connectivity index (χ1v) is 7.84. The first-order valence-electron chi connectivity index (χ1n) is 7.47. The summed E-state index contributed by atoms with van der Waals surface area (Å²) in [4.78, 5) is 16.6. The van der Waals surface area contributed by atoms with Gasteiger partial charge < -0.3 is 9.88 Å². The van der Waals surface area contributed by atoms with E-state index in [-0.39, 0.29) is 12.5 Å². The lowest BCUT2D eigenvalue weighted by molar-refractivity contribution is -0.121. The van der Waals surface area contributed by atoms with E-state index in [0.717, 1.165) is 16.6 Å².